The van der Waals surface area contributed by atoms with Crippen LogP contribution in [-0.4, -0.2) is 29.1 Å². The standard InChI is InChI=1S/C16H13F3N2O2/c17-16(18,19)14-3-1-2-12(7-14)13-6-11(8-20-9-13)10-21-4-5-23-15(21)22/h1-3,6-9H,4-5,10H2. The van der Waals surface area contributed by atoms with E-state index in [2.05, 4.69) is 4.98 Å². The van der Waals surface area contributed by atoms with Gasteiger partial charge in [-0.15, -0.1) is 0 Å². The molecule has 1 aromatic carbocycles. The smallest absolute Gasteiger partial charge is 0.416 e. The monoisotopic (exact) mass is 322 g/mol. The van der Waals surface area contributed by atoms with Gasteiger partial charge in [0.25, 0.3) is 0 Å². The fourth-order valence-electron chi connectivity index (χ4n) is 2.40. The average Bonchev–Trinajstić information content (AvgIpc) is 2.92. The Morgan fingerprint density at radius 1 is 1.17 bits per heavy atom. The molecular formula is C16H13F3N2O2. The Labute approximate surface area is 130 Å². The van der Waals surface area contributed by atoms with E-state index in [0.717, 1.165) is 17.7 Å². The fraction of sp³-hybridized carbons (Fsp3) is 0.250. The molecule has 120 valence electrons. The van der Waals surface area contributed by atoms with Crippen molar-refractivity contribution in [3.63, 3.8) is 0 Å². The Morgan fingerprint density at radius 2 is 2.00 bits per heavy atom. The molecule has 0 saturated carbocycles. The van der Waals surface area contributed by atoms with E-state index < -0.39 is 17.8 Å². The van der Waals surface area contributed by atoms with Gasteiger partial charge in [-0.2, -0.15) is 13.2 Å². The van der Waals surface area contributed by atoms with E-state index in [1.165, 1.54) is 17.2 Å². The zero-order valence-corrected chi connectivity index (χ0v) is 12.0. The first-order valence-corrected chi connectivity index (χ1v) is 6.97. The van der Waals surface area contributed by atoms with Crippen molar-refractivity contribution in [3.8, 4) is 11.1 Å². The van der Waals surface area contributed by atoms with Crippen LogP contribution in [0.2, 0.25) is 0 Å². The van der Waals surface area contributed by atoms with E-state index in [-0.39, 0.29) is 0 Å². The molecule has 0 spiro atoms. The third-order valence-corrected chi connectivity index (χ3v) is 3.54. The number of pyridine rings is 1. The van der Waals surface area contributed by atoms with Crippen LogP contribution in [0.25, 0.3) is 11.1 Å². The molecular weight excluding hydrogens is 309 g/mol. The van der Waals surface area contributed by atoms with Crippen molar-refractivity contribution < 1.29 is 22.7 Å². The fourth-order valence-corrected chi connectivity index (χ4v) is 2.40. The van der Waals surface area contributed by atoms with Crippen LogP contribution in [0, 0.1) is 0 Å². The summed E-state index contributed by atoms with van der Waals surface area (Å²) >= 11 is 0. The highest BCUT2D eigenvalue weighted by Crippen LogP contribution is 2.32. The number of rotatable bonds is 3. The molecule has 0 N–H and O–H groups in total. The maximum atomic E-state index is 12.8. The largest absolute Gasteiger partial charge is 0.448 e. The normalized spacial score (nSPS) is 14.9. The van der Waals surface area contributed by atoms with E-state index in [1.54, 1.807) is 18.3 Å². The van der Waals surface area contributed by atoms with Crippen LogP contribution >= 0.6 is 0 Å². The molecule has 2 heterocycles. The molecule has 4 nitrogen and oxygen atoms in total. The summed E-state index contributed by atoms with van der Waals surface area (Å²) in [5, 5.41) is 0. The van der Waals surface area contributed by atoms with Gasteiger partial charge in [-0.25, -0.2) is 4.79 Å². The van der Waals surface area contributed by atoms with Gasteiger partial charge in [0.15, 0.2) is 0 Å². The first-order valence-electron chi connectivity index (χ1n) is 6.97. The molecule has 0 unspecified atom stereocenters. The average molecular weight is 322 g/mol. The van der Waals surface area contributed by atoms with Crippen LogP contribution in [-0.2, 0) is 17.5 Å². The van der Waals surface area contributed by atoms with Gasteiger partial charge in [-0.3, -0.25) is 4.98 Å². The number of alkyl halides is 3. The number of ether oxygens (including phenoxy) is 1. The van der Waals surface area contributed by atoms with Gasteiger partial charge >= 0.3 is 12.3 Å². The number of aromatic nitrogens is 1. The minimum atomic E-state index is -4.39. The van der Waals surface area contributed by atoms with Gasteiger partial charge in [0.1, 0.15) is 6.61 Å². The summed E-state index contributed by atoms with van der Waals surface area (Å²) in [4.78, 5) is 17.0. The maximum Gasteiger partial charge on any atom is 0.416 e. The van der Waals surface area contributed by atoms with E-state index in [1.807, 2.05) is 0 Å². The van der Waals surface area contributed by atoms with Gasteiger partial charge in [-0.05, 0) is 29.3 Å². The second kappa shape index (κ2) is 5.91. The number of hydrogen-bond donors (Lipinski definition) is 0. The topological polar surface area (TPSA) is 42.4 Å². The predicted molar refractivity (Wildman–Crippen MR) is 76.4 cm³/mol. The van der Waals surface area contributed by atoms with Crippen LogP contribution in [0.1, 0.15) is 11.1 Å². The first kappa shape index (κ1) is 15.3. The SMILES string of the molecule is O=C1OCCN1Cc1cncc(-c2cccc(C(F)(F)F)c2)c1. The highest BCUT2D eigenvalue weighted by atomic mass is 19.4. The minimum absolute atomic E-state index is 0.318. The van der Waals surface area contributed by atoms with Crippen molar-refractivity contribution in [2.75, 3.05) is 13.2 Å². The van der Waals surface area contributed by atoms with Crippen molar-refractivity contribution in [2.24, 2.45) is 0 Å². The summed E-state index contributed by atoms with van der Waals surface area (Å²) in [6.07, 6.45) is -1.70. The molecule has 1 aromatic heterocycles. The number of benzene rings is 1. The lowest BCUT2D eigenvalue weighted by atomic mass is 10.0. The van der Waals surface area contributed by atoms with Gasteiger partial charge < -0.3 is 9.64 Å². The Balaban J connectivity index is 1.86. The van der Waals surface area contributed by atoms with Crippen molar-refractivity contribution in [1.29, 1.82) is 0 Å². The number of halogens is 3. The van der Waals surface area contributed by atoms with Gasteiger partial charge in [0.2, 0.25) is 0 Å². The first-order chi connectivity index (χ1) is 10.9. The van der Waals surface area contributed by atoms with Crippen molar-refractivity contribution >= 4 is 6.09 Å². The molecule has 1 aliphatic heterocycles. The number of carbonyl (C=O) groups excluding carboxylic acids is 1. The summed E-state index contributed by atoms with van der Waals surface area (Å²) in [5.41, 5.74) is 1.03. The number of nitrogens with zero attached hydrogens (tertiary/aromatic N) is 2. The summed E-state index contributed by atoms with van der Waals surface area (Å²) in [7, 11) is 0. The highest BCUT2D eigenvalue weighted by Gasteiger charge is 2.30. The molecule has 0 aliphatic carbocycles. The Bertz CT molecular complexity index is 731. The van der Waals surface area contributed by atoms with Crippen molar-refractivity contribution in [1.82, 2.24) is 9.88 Å². The second-order valence-electron chi connectivity index (χ2n) is 5.20. The van der Waals surface area contributed by atoms with E-state index >= 15 is 0 Å². The zero-order chi connectivity index (χ0) is 16.4. The molecule has 1 fully saturated rings. The van der Waals surface area contributed by atoms with Crippen LogP contribution in [0.4, 0.5) is 18.0 Å². The Morgan fingerprint density at radius 3 is 2.70 bits per heavy atom. The summed E-state index contributed by atoms with van der Waals surface area (Å²) in [5.74, 6) is 0. The minimum Gasteiger partial charge on any atom is -0.448 e. The molecule has 0 atom stereocenters. The zero-order valence-electron chi connectivity index (χ0n) is 12.0. The van der Waals surface area contributed by atoms with Gasteiger partial charge in [0, 0.05) is 18.0 Å². The Kier molecular flexibility index (Phi) is 3.94. The lowest BCUT2D eigenvalue weighted by Gasteiger charge is -2.13. The second-order valence-corrected chi connectivity index (χ2v) is 5.20. The molecule has 3 rings (SSSR count). The van der Waals surface area contributed by atoms with Crippen LogP contribution in [0.15, 0.2) is 42.7 Å². The van der Waals surface area contributed by atoms with Crippen LogP contribution < -0.4 is 0 Å². The number of amides is 1. The molecule has 1 saturated heterocycles. The van der Waals surface area contributed by atoms with Crippen LogP contribution in [0.5, 0.6) is 0 Å². The molecule has 2 aromatic rings. The quantitative estimate of drug-likeness (QED) is 0.865. The van der Waals surface area contributed by atoms with Crippen molar-refractivity contribution in [3.05, 3.63) is 53.9 Å². The third-order valence-electron chi connectivity index (χ3n) is 3.54. The highest BCUT2D eigenvalue weighted by molar-refractivity contribution is 5.69. The molecule has 23 heavy (non-hydrogen) atoms. The summed E-state index contributed by atoms with van der Waals surface area (Å²) in [6.45, 7) is 1.16. The van der Waals surface area contributed by atoms with Gasteiger partial charge in [0.05, 0.1) is 18.7 Å². The molecule has 7 heteroatoms. The summed E-state index contributed by atoms with van der Waals surface area (Å²) < 4.78 is 43.3. The molecule has 0 radical (unpaired) electrons. The van der Waals surface area contributed by atoms with Crippen LogP contribution in [0.3, 0.4) is 0 Å². The molecule has 1 aliphatic rings. The van der Waals surface area contributed by atoms with Gasteiger partial charge in [-0.1, -0.05) is 12.1 Å². The molecule has 0 bridgehead atoms. The van der Waals surface area contributed by atoms with E-state index in [9.17, 15) is 18.0 Å². The third kappa shape index (κ3) is 3.44. The number of hydrogen-bond acceptors (Lipinski definition) is 3. The van der Waals surface area contributed by atoms with E-state index in [0.29, 0.717) is 30.8 Å². The van der Waals surface area contributed by atoms with E-state index in [4.69, 9.17) is 4.74 Å². The number of carbonyl (C=O) groups is 1. The summed E-state index contributed by atoms with van der Waals surface area (Å²) in [6, 6.07) is 6.81. The lowest BCUT2D eigenvalue weighted by Crippen LogP contribution is -2.23. The number of cyclic esters (lactones) is 1. The lowest BCUT2D eigenvalue weighted by molar-refractivity contribution is -0.137. The van der Waals surface area contributed by atoms with Crippen molar-refractivity contribution in [2.45, 2.75) is 12.7 Å². The Hall–Kier alpha value is -2.57. The predicted octanol–water partition coefficient (Wildman–Crippen LogP) is 3.72. The maximum absolute atomic E-state index is 12.8. The molecule has 1 amide bonds.